The zero-order chi connectivity index (χ0) is 16.9. The lowest BCUT2D eigenvalue weighted by Crippen LogP contribution is -2.36. The average Bonchev–Trinajstić information content (AvgIpc) is 3.25. The van der Waals surface area contributed by atoms with Crippen molar-refractivity contribution in [3.8, 4) is 0 Å². The van der Waals surface area contributed by atoms with Crippen LogP contribution in [-0.4, -0.2) is 55.5 Å². The molecule has 1 aliphatic rings. The summed E-state index contributed by atoms with van der Waals surface area (Å²) < 4.78 is 0. The summed E-state index contributed by atoms with van der Waals surface area (Å²) in [5.74, 6) is -1.43. The number of benzene rings is 1. The average molecular weight is 329 g/mol. The number of rotatable bonds is 6. The summed E-state index contributed by atoms with van der Waals surface area (Å²) in [5.41, 5.74) is 0.803. The Bertz CT molecular complexity index is 745. The molecule has 2 N–H and O–H groups in total. The molecule has 0 bridgehead atoms. The molecule has 1 amide bonds. The van der Waals surface area contributed by atoms with Crippen LogP contribution in [0.3, 0.4) is 0 Å². The fraction of sp³-hybridized carbons (Fsp3) is 0.286. The first-order chi connectivity index (χ1) is 11.6. The van der Waals surface area contributed by atoms with Gasteiger partial charge in [0.15, 0.2) is 12.4 Å². The van der Waals surface area contributed by atoms with Crippen LogP contribution in [0.4, 0.5) is 5.69 Å². The molecule has 2 heterocycles. The second-order valence-corrected chi connectivity index (χ2v) is 5.07. The largest absolute Gasteiger partial charge is 0.480 e. The van der Waals surface area contributed by atoms with Crippen LogP contribution in [0.5, 0.6) is 0 Å². The van der Waals surface area contributed by atoms with Crippen LogP contribution in [-0.2, 0) is 16.1 Å². The number of carboxylic acids is 1. The van der Waals surface area contributed by atoms with E-state index in [1.165, 1.54) is 16.1 Å². The quantitative estimate of drug-likeness (QED) is 0.732. The van der Waals surface area contributed by atoms with Gasteiger partial charge >= 0.3 is 5.97 Å². The van der Waals surface area contributed by atoms with Gasteiger partial charge in [-0.05, 0) is 17.3 Å². The first-order valence-corrected chi connectivity index (χ1v) is 7.28. The maximum Gasteiger partial charge on any atom is 0.328 e. The van der Waals surface area contributed by atoms with Crippen LogP contribution in [0.1, 0.15) is 6.42 Å². The molecule has 0 radical (unpaired) electrons. The van der Waals surface area contributed by atoms with Gasteiger partial charge in [-0.2, -0.15) is 9.90 Å². The molecular formula is C14H15N7O3. The number of hydrogen-bond acceptors (Lipinski definition) is 7. The number of carbonyl (C=O) groups is 2. The normalized spacial score (nSPS) is 16.8. The Morgan fingerprint density at radius 3 is 2.75 bits per heavy atom. The molecule has 0 saturated heterocycles. The third-order valence-corrected chi connectivity index (χ3v) is 3.47. The van der Waals surface area contributed by atoms with E-state index >= 15 is 0 Å². The Morgan fingerprint density at radius 1 is 1.29 bits per heavy atom. The molecule has 2 aromatic rings. The predicted molar refractivity (Wildman–Crippen MR) is 83.2 cm³/mol. The van der Waals surface area contributed by atoms with Crippen molar-refractivity contribution >= 4 is 23.3 Å². The fourth-order valence-electron chi connectivity index (χ4n) is 2.32. The van der Waals surface area contributed by atoms with Crippen molar-refractivity contribution in [2.75, 3.05) is 11.6 Å². The summed E-state index contributed by atoms with van der Waals surface area (Å²) >= 11 is 0. The van der Waals surface area contributed by atoms with E-state index in [2.05, 4.69) is 25.8 Å². The number of hydrazone groups is 1. The van der Waals surface area contributed by atoms with Crippen LogP contribution >= 0.6 is 0 Å². The molecule has 1 aromatic carbocycles. The lowest BCUT2D eigenvalue weighted by atomic mass is 10.1. The monoisotopic (exact) mass is 329 g/mol. The summed E-state index contributed by atoms with van der Waals surface area (Å²) in [4.78, 5) is 25.0. The SMILES string of the molecule is O=C(NCCn1ncnn1)C1=NN(c2ccccc2)C(C(=O)O)C1. The molecule has 10 heteroatoms. The number of amides is 1. The Balaban J connectivity index is 1.66. The van der Waals surface area contributed by atoms with Crippen molar-refractivity contribution in [2.45, 2.75) is 19.0 Å². The van der Waals surface area contributed by atoms with E-state index in [0.29, 0.717) is 12.2 Å². The number of nitrogens with one attached hydrogen (secondary N) is 1. The predicted octanol–water partition coefficient (Wildman–Crippen LogP) is -0.491. The van der Waals surface area contributed by atoms with Crippen LogP contribution in [0.15, 0.2) is 41.8 Å². The topological polar surface area (TPSA) is 126 Å². The van der Waals surface area contributed by atoms with Gasteiger partial charge in [0, 0.05) is 13.0 Å². The lowest BCUT2D eigenvalue weighted by Gasteiger charge is -2.19. The standard InChI is InChI=1S/C14H15N7O3/c22-13(15-6-7-20-17-9-16-19-20)11-8-12(14(23)24)21(18-11)10-4-2-1-3-5-10/h1-5,9,12H,6-8H2,(H,15,22)(H,23,24). The summed E-state index contributed by atoms with van der Waals surface area (Å²) in [6, 6.07) is 7.99. The van der Waals surface area contributed by atoms with Gasteiger partial charge in [0.1, 0.15) is 5.71 Å². The highest BCUT2D eigenvalue weighted by Crippen LogP contribution is 2.24. The maximum atomic E-state index is 12.2. The molecule has 124 valence electrons. The Kier molecular flexibility index (Phi) is 4.45. The summed E-state index contributed by atoms with van der Waals surface area (Å²) in [5, 5.41) is 28.7. The summed E-state index contributed by atoms with van der Waals surface area (Å²) in [6.45, 7) is 0.654. The smallest absolute Gasteiger partial charge is 0.328 e. The van der Waals surface area contributed by atoms with E-state index in [9.17, 15) is 14.7 Å². The molecule has 1 unspecified atom stereocenters. The first-order valence-electron chi connectivity index (χ1n) is 7.28. The van der Waals surface area contributed by atoms with Crippen molar-refractivity contribution in [2.24, 2.45) is 5.10 Å². The third-order valence-electron chi connectivity index (χ3n) is 3.47. The highest BCUT2D eigenvalue weighted by Gasteiger charge is 2.35. The Morgan fingerprint density at radius 2 is 2.08 bits per heavy atom. The van der Waals surface area contributed by atoms with Gasteiger partial charge in [-0.25, -0.2) is 4.79 Å². The zero-order valence-corrected chi connectivity index (χ0v) is 12.6. The van der Waals surface area contributed by atoms with E-state index in [4.69, 9.17) is 0 Å². The molecule has 0 spiro atoms. The number of aromatic nitrogens is 4. The minimum Gasteiger partial charge on any atom is -0.480 e. The van der Waals surface area contributed by atoms with Gasteiger partial charge in [-0.15, -0.1) is 10.2 Å². The molecule has 0 fully saturated rings. The number of nitrogens with zero attached hydrogens (tertiary/aromatic N) is 6. The van der Waals surface area contributed by atoms with Crippen molar-refractivity contribution in [3.63, 3.8) is 0 Å². The Labute approximate surface area is 136 Å². The van der Waals surface area contributed by atoms with Crippen LogP contribution in [0.2, 0.25) is 0 Å². The number of carboxylic acid groups (broad SMARTS) is 1. The van der Waals surface area contributed by atoms with Crippen molar-refractivity contribution in [3.05, 3.63) is 36.7 Å². The van der Waals surface area contributed by atoms with Gasteiger partial charge in [0.25, 0.3) is 5.91 Å². The number of tetrazole rings is 1. The highest BCUT2D eigenvalue weighted by molar-refractivity contribution is 6.40. The number of carbonyl (C=O) groups excluding carboxylic acids is 1. The van der Waals surface area contributed by atoms with E-state index in [1.54, 1.807) is 24.3 Å². The van der Waals surface area contributed by atoms with Gasteiger partial charge in [-0.3, -0.25) is 9.80 Å². The number of anilines is 1. The van der Waals surface area contributed by atoms with Gasteiger partial charge < -0.3 is 10.4 Å². The molecule has 0 saturated carbocycles. The second-order valence-electron chi connectivity index (χ2n) is 5.07. The van der Waals surface area contributed by atoms with E-state index < -0.39 is 17.9 Å². The van der Waals surface area contributed by atoms with Crippen LogP contribution in [0.25, 0.3) is 0 Å². The Hall–Kier alpha value is -3.30. The number of hydrogen-bond donors (Lipinski definition) is 2. The van der Waals surface area contributed by atoms with Crippen LogP contribution in [0, 0.1) is 0 Å². The maximum absolute atomic E-state index is 12.2. The molecule has 1 aromatic heterocycles. The summed E-state index contributed by atoms with van der Waals surface area (Å²) in [7, 11) is 0. The second kappa shape index (κ2) is 6.86. The molecular weight excluding hydrogens is 314 g/mol. The molecule has 3 rings (SSSR count). The van der Waals surface area contributed by atoms with E-state index in [-0.39, 0.29) is 18.7 Å². The molecule has 10 nitrogen and oxygen atoms in total. The molecule has 24 heavy (non-hydrogen) atoms. The first kappa shape index (κ1) is 15.6. The molecule has 0 aliphatic carbocycles. The van der Waals surface area contributed by atoms with Crippen molar-refractivity contribution in [1.82, 2.24) is 25.5 Å². The summed E-state index contributed by atoms with van der Waals surface area (Å²) in [6.07, 6.45) is 1.34. The van der Waals surface area contributed by atoms with E-state index in [0.717, 1.165) is 0 Å². The van der Waals surface area contributed by atoms with Gasteiger partial charge in [0.2, 0.25) is 0 Å². The van der Waals surface area contributed by atoms with Crippen molar-refractivity contribution < 1.29 is 14.7 Å². The molecule has 1 aliphatic heterocycles. The minimum absolute atomic E-state index is 0.0393. The van der Waals surface area contributed by atoms with Crippen LogP contribution < -0.4 is 10.3 Å². The number of aliphatic carboxylic acids is 1. The van der Waals surface area contributed by atoms with E-state index in [1.807, 2.05) is 6.07 Å². The number of para-hydroxylation sites is 1. The minimum atomic E-state index is -1.03. The fourth-order valence-corrected chi connectivity index (χ4v) is 2.32. The lowest BCUT2D eigenvalue weighted by molar-refractivity contribution is -0.138. The zero-order valence-electron chi connectivity index (χ0n) is 12.6. The van der Waals surface area contributed by atoms with Gasteiger partial charge in [-0.1, -0.05) is 18.2 Å². The molecule has 1 atom stereocenters. The highest BCUT2D eigenvalue weighted by atomic mass is 16.4. The third kappa shape index (κ3) is 3.37. The van der Waals surface area contributed by atoms with Gasteiger partial charge in [0.05, 0.1) is 12.2 Å². The van der Waals surface area contributed by atoms with Crippen molar-refractivity contribution in [1.29, 1.82) is 0 Å².